The zero-order chi connectivity index (χ0) is 18.2. The van der Waals surface area contributed by atoms with Gasteiger partial charge in [0.05, 0.1) is 11.6 Å². The molecule has 1 aliphatic rings. The minimum Gasteiger partial charge on any atom is -0.394 e. The van der Waals surface area contributed by atoms with Crippen LogP contribution in [0.3, 0.4) is 0 Å². The van der Waals surface area contributed by atoms with Crippen LogP contribution in [0.5, 0.6) is 0 Å². The van der Waals surface area contributed by atoms with E-state index in [9.17, 15) is 0 Å². The third-order valence-electron chi connectivity index (χ3n) is 3.01. The molecule has 0 aliphatic heterocycles. The average Bonchev–Trinajstić information content (AvgIpc) is 3.12. The molecule has 0 aromatic heterocycles. The molecule has 126 valence electrons. The first-order valence-electron chi connectivity index (χ1n) is 8.20. The van der Waals surface area contributed by atoms with E-state index in [1.165, 1.54) is 12.0 Å². The van der Waals surface area contributed by atoms with Gasteiger partial charge < -0.3 is 5.32 Å². The van der Waals surface area contributed by atoms with Crippen molar-refractivity contribution in [1.29, 1.82) is 5.26 Å². The highest BCUT2D eigenvalue weighted by Gasteiger charge is 1.98. The molecule has 0 bridgehead atoms. The van der Waals surface area contributed by atoms with Crippen LogP contribution in [0.15, 0.2) is 79.1 Å². The van der Waals surface area contributed by atoms with E-state index >= 15 is 0 Å². The predicted molar refractivity (Wildman–Crippen MR) is 106 cm³/mol. The molecule has 24 heavy (non-hydrogen) atoms. The van der Waals surface area contributed by atoms with Gasteiger partial charge in [0.1, 0.15) is 0 Å². The summed E-state index contributed by atoms with van der Waals surface area (Å²) in [6.07, 6.45) is 15.0. The largest absolute Gasteiger partial charge is 0.394 e. The summed E-state index contributed by atoms with van der Waals surface area (Å²) in [7, 11) is 1.84. The second-order valence-corrected chi connectivity index (χ2v) is 4.82. The van der Waals surface area contributed by atoms with Gasteiger partial charge in [0.15, 0.2) is 0 Å². The number of nitrogens with one attached hydrogen (secondary N) is 1. The molecule has 2 rings (SSSR count). The Labute approximate surface area is 147 Å². The monoisotopic (exact) mass is 320 g/mol. The molecule has 2 heteroatoms. The van der Waals surface area contributed by atoms with Crippen LogP contribution < -0.4 is 5.32 Å². The number of allylic oxidation sites excluding steroid dienone is 8. The molecule has 0 unspecified atom stereocenters. The summed E-state index contributed by atoms with van der Waals surface area (Å²) in [6.45, 7) is 9.82. The number of hydrogen-bond donors (Lipinski definition) is 1. The molecule has 2 nitrogen and oxygen atoms in total. The topological polar surface area (TPSA) is 35.8 Å². The van der Waals surface area contributed by atoms with Crippen molar-refractivity contribution in [1.82, 2.24) is 5.32 Å². The highest BCUT2D eigenvalue weighted by molar-refractivity contribution is 5.75. The van der Waals surface area contributed by atoms with Gasteiger partial charge in [0, 0.05) is 7.05 Å². The predicted octanol–water partition coefficient (Wildman–Crippen LogP) is 5.78. The van der Waals surface area contributed by atoms with Gasteiger partial charge in [-0.3, -0.25) is 0 Å². The zero-order valence-corrected chi connectivity index (χ0v) is 15.2. The van der Waals surface area contributed by atoms with Crippen LogP contribution in [-0.4, -0.2) is 7.05 Å². The van der Waals surface area contributed by atoms with Gasteiger partial charge in [0.25, 0.3) is 0 Å². The highest BCUT2D eigenvalue weighted by atomic mass is 14.8. The van der Waals surface area contributed by atoms with E-state index in [1.807, 2.05) is 57.4 Å². The second-order valence-electron chi connectivity index (χ2n) is 4.82. The van der Waals surface area contributed by atoms with Gasteiger partial charge in [-0.25, -0.2) is 0 Å². The third kappa shape index (κ3) is 8.60. The van der Waals surface area contributed by atoms with Gasteiger partial charge in [-0.15, -0.1) is 0 Å². The minimum atomic E-state index is 0.658. The lowest BCUT2D eigenvalue weighted by Crippen LogP contribution is -1.92. The van der Waals surface area contributed by atoms with Crippen molar-refractivity contribution >= 4 is 5.57 Å². The first kappa shape index (κ1) is 21.2. The van der Waals surface area contributed by atoms with Crippen LogP contribution in [0.2, 0.25) is 0 Å². The fourth-order valence-electron chi connectivity index (χ4n) is 1.87. The van der Waals surface area contributed by atoms with Crippen LogP contribution in [0.1, 0.15) is 38.3 Å². The Morgan fingerprint density at radius 1 is 1.33 bits per heavy atom. The molecule has 0 saturated carbocycles. The molecule has 1 aromatic carbocycles. The lowest BCUT2D eigenvalue weighted by atomic mass is 10.0. The summed E-state index contributed by atoms with van der Waals surface area (Å²) in [5, 5.41) is 11.8. The highest BCUT2D eigenvalue weighted by Crippen LogP contribution is 2.17. The Morgan fingerprint density at radius 3 is 2.54 bits per heavy atom. The molecule has 0 spiro atoms. The summed E-state index contributed by atoms with van der Waals surface area (Å²) >= 11 is 0. The molecular formula is C22H28N2. The molecule has 0 amide bonds. The van der Waals surface area contributed by atoms with E-state index < -0.39 is 0 Å². The van der Waals surface area contributed by atoms with Crippen molar-refractivity contribution in [3.8, 4) is 6.07 Å². The molecule has 0 radical (unpaired) electrons. The molecule has 0 fully saturated rings. The fraction of sp³-hybridized carbons (Fsp3) is 0.227. The molecular weight excluding hydrogens is 292 g/mol. The Balaban J connectivity index is 0.000000547. The number of rotatable bonds is 4. The Morgan fingerprint density at radius 2 is 2.08 bits per heavy atom. The van der Waals surface area contributed by atoms with Crippen molar-refractivity contribution in [2.75, 3.05) is 7.05 Å². The van der Waals surface area contributed by atoms with Crippen molar-refractivity contribution in [3.05, 3.63) is 90.2 Å². The van der Waals surface area contributed by atoms with E-state index in [2.05, 4.69) is 43.1 Å². The van der Waals surface area contributed by atoms with Gasteiger partial charge in [-0.1, -0.05) is 68.5 Å². The molecule has 0 heterocycles. The van der Waals surface area contributed by atoms with E-state index in [0.717, 1.165) is 11.1 Å². The first-order chi connectivity index (χ1) is 11.7. The molecule has 0 atom stereocenters. The number of hydrogen-bond acceptors (Lipinski definition) is 2. The summed E-state index contributed by atoms with van der Waals surface area (Å²) < 4.78 is 0. The van der Waals surface area contributed by atoms with Crippen molar-refractivity contribution in [3.63, 3.8) is 0 Å². The van der Waals surface area contributed by atoms with Gasteiger partial charge >= 0.3 is 0 Å². The quantitative estimate of drug-likeness (QED) is 0.714. The van der Waals surface area contributed by atoms with Gasteiger partial charge in [0.2, 0.25) is 0 Å². The maximum absolute atomic E-state index is 8.83. The van der Waals surface area contributed by atoms with E-state index in [4.69, 9.17) is 5.26 Å². The smallest absolute Gasteiger partial charge is 0.0991 e. The Hall–Kier alpha value is -2.79. The van der Waals surface area contributed by atoms with Gasteiger partial charge in [-0.2, -0.15) is 5.26 Å². The van der Waals surface area contributed by atoms with Crippen LogP contribution in [0.25, 0.3) is 5.57 Å². The van der Waals surface area contributed by atoms with Crippen molar-refractivity contribution in [2.45, 2.75) is 27.2 Å². The fourth-order valence-corrected chi connectivity index (χ4v) is 1.87. The molecule has 0 saturated heterocycles. The SMILES string of the molecule is C=C/C=C(\C=C/NC)c1cccc(C#N)c1.CC.CC1=CC=CC1. The summed E-state index contributed by atoms with van der Waals surface area (Å²) in [4.78, 5) is 0. The normalized spacial score (nSPS) is 12.3. The Bertz CT molecular complexity index is 653. The minimum absolute atomic E-state index is 0.658. The van der Waals surface area contributed by atoms with E-state index in [0.29, 0.717) is 5.56 Å². The Kier molecular flexibility index (Phi) is 12.2. The van der Waals surface area contributed by atoms with Crippen molar-refractivity contribution < 1.29 is 0 Å². The number of nitrogens with zero attached hydrogens (tertiary/aromatic N) is 1. The maximum atomic E-state index is 8.83. The lowest BCUT2D eigenvalue weighted by Gasteiger charge is -2.02. The zero-order valence-electron chi connectivity index (χ0n) is 15.2. The molecule has 1 N–H and O–H groups in total. The summed E-state index contributed by atoms with van der Waals surface area (Å²) in [6, 6.07) is 9.61. The lowest BCUT2D eigenvalue weighted by molar-refractivity contribution is 1.10. The van der Waals surface area contributed by atoms with Crippen LogP contribution in [-0.2, 0) is 0 Å². The van der Waals surface area contributed by atoms with E-state index in [-0.39, 0.29) is 0 Å². The molecule has 1 aliphatic carbocycles. The molecule has 1 aromatic rings. The van der Waals surface area contributed by atoms with Crippen molar-refractivity contribution in [2.24, 2.45) is 0 Å². The second kappa shape index (κ2) is 13.8. The average molecular weight is 320 g/mol. The maximum Gasteiger partial charge on any atom is 0.0991 e. The number of nitriles is 1. The van der Waals surface area contributed by atoms with Crippen LogP contribution >= 0.6 is 0 Å². The third-order valence-corrected chi connectivity index (χ3v) is 3.01. The van der Waals surface area contributed by atoms with Crippen LogP contribution in [0, 0.1) is 11.3 Å². The van der Waals surface area contributed by atoms with Crippen LogP contribution in [0.4, 0.5) is 0 Å². The summed E-state index contributed by atoms with van der Waals surface area (Å²) in [5.74, 6) is 0. The van der Waals surface area contributed by atoms with Gasteiger partial charge in [-0.05, 0) is 48.9 Å². The van der Waals surface area contributed by atoms with E-state index in [1.54, 1.807) is 12.1 Å². The summed E-state index contributed by atoms with van der Waals surface area (Å²) in [5.41, 5.74) is 4.15. The first-order valence-corrected chi connectivity index (χ1v) is 8.20. The standard InChI is InChI=1S/C14H14N2.C6H8.C2H6/c1-3-5-13(8-9-16-2)14-7-4-6-12(10-14)11-15;1-6-4-2-3-5-6;1-2/h3-10,16H,1H2,2H3;2-4H,5H2,1H3;1-2H3/b9-8-,13-5+;;. The number of benzene rings is 1.